The summed E-state index contributed by atoms with van der Waals surface area (Å²) in [6.07, 6.45) is 3.91. The van der Waals surface area contributed by atoms with Crippen molar-refractivity contribution in [3.8, 4) is 5.75 Å². The molecule has 0 bridgehead atoms. The van der Waals surface area contributed by atoms with E-state index in [1.165, 1.54) is 35.8 Å². The first-order chi connectivity index (χ1) is 10.6. The predicted molar refractivity (Wildman–Crippen MR) is 97.7 cm³/mol. The highest BCUT2D eigenvalue weighted by Crippen LogP contribution is 2.28. The van der Waals surface area contributed by atoms with Crippen molar-refractivity contribution in [3.05, 3.63) is 47.5 Å². The topological polar surface area (TPSA) is 23.5 Å². The monoisotopic (exact) mass is 313 g/mol. The number of benzene rings is 2. The number of rotatable bonds is 3. The second kappa shape index (κ2) is 6.71. The van der Waals surface area contributed by atoms with E-state index in [2.05, 4.69) is 42.2 Å². The molecule has 1 saturated heterocycles. The lowest BCUT2D eigenvalue weighted by molar-refractivity contribution is 0.475. The van der Waals surface area contributed by atoms with Gasteiger partial charge in [-0.15, -0.1) is 0 Å². The number of anilines is 1. The molecule has 2 aromatic carbocycles. The van der Waals surface area contributed by atoms with E-state index in [0.29, 0.717) is 14.3 Å². The minimum absolute atomic E-state index is 0.456. The lowest BCUT2D eigenvalue weighted by Gasteiger charge is -2.30. The Balaban J connectivity index is 1.93. The average Bonchev–Trinajstić information content (AvgIpc) is 2.53. The van der Waals surface area contributed by atoms with Gasteiger partial charge in [0.1, 0.15) is 5.75 Å². The summed E-state index contributed by atoms with van der Waals surface area (Å²) in [5.41, 5.74) is 3.53. The molecule has 0 saturated carbocycles. The molecule has 0 radical (unpaired) electrons. The number of para-hydroxylation sites is 1. The molecule has 1 aliphatic rings. The van der Waals surface area contributed by atoms with Crippen LogP contribution in [0.15, 0.2) is 36.4 Å². The van der Waals surface area contributed by atoms with Crippen LogP contribution in [0, 0.1) is 13.8 Å². The van der Waals surface area contributed by atoms with Crippen molar-refractivity contribution in [1.29, 1.82) is 0 Å². The van der Waals surface area contributed by atoms with Crippen molar-refractivity contribution in [3.63, 3.8) is 0 Å². The van der Waals surface area contributed by atoms with Gasteiger partial charge < -0.3 is 10.0 Å². The average molecular weight is 313 g/mol. The molecule has 116 valence electrons. The first-order valence-corrected chi connectivity index (χ1v) is 9.06. The molecule has 0 aliphatic carbocycles. The molecule has 1 heterocycles. The van der Waals surface area contributed by atoms with E-state index in [1.54, 1.807) is 0 Å². The highest BCUT2D eigenvalue weighted by atomic mass is 31.1. The Morgan fingerprint density at radius 2 is 1.68 bits per heavy atom. The second-order valence-corrected chi connectivity index (χ2v) is 7.50. The first-order valence-electron chi connectivity index (χ1n) is 8.06. The van der Waals surface area contributed by atoms with Crippen molar-refractivity contribution in [2.45, 2.75) is 33.1 Å². The minimum atomic E-state index is 0.456. The van der Waals surface area contributed by atoms with Gasteiger partial charge in [0.05, 0.1) is 0 Å². The predicted octanol–water partition coefficient (Wildman–Crippen LogP) is 3.63. The lowest BCUT2D eigenvalue weighted by atomic mass is 10.1. The summed E-state index contributed by atoms with van der Waals surface area (Å²) in [7, 11) is 0.500. The molecule has 1 N–H and O–H groups in total. The fourth-order valence-electron chi connectivity index (χ4n) is 3.19. The number of nitrogens with zero attached hydrogens (tertiary/aromatic N) is 1. The smallest absolute Gasteiger partial charge is 0.126 e. The van der Waals surface area contributed by atoms with Gasteiger partial charge in [-0.3, -0.25) is 0 Å². The Kier molecular flexibility index (Phi) is 4.69. The van der Waals surface area contributed by atoms with Crippen LogP contribution < -0.4 is 15.5 Å². The molecular formula is C19H24NOP. The van der Waals surface area contributed by atoms with Gasteiger partial charge in [0, 0.05) is 29.4 Å². The Bertz CT molecular complexity index is 662. The molecule has 3 rings (SSSR count). The number of aromatic hydroxyl groups is 1. The maximum absolute atomic E-state index is 10.4. The number of phenolic OH excluding ortho intramolecular Hbond substituents is 1. The summed E-state index contributed by atoms with van der Waals surface area (Å²) in [4.78, 5) is 2.51. The minimum Gasteiger partial charge on any atom is -0.507 e. The van der Waals surface area contributed by atoms with Crippen LogP contribution in [0.1, 0.15) is 30.4 Å². The quantitative estimate of drug-likeness (QED) is 0.875. The summed E-state index contributed by atoms with van der Waals surface area (Å²) in [6.45, 7) is 6.38. The highest BCUT2D eigenvalue weighted by molar-refractivity contribution is 7.56. The summed E-state index contributed by atoms with van der Waals surface area (Å²) in [5.74, 6) is 0.456. The van der Waals surface area contributed by atoms with Crippen molar-refractivity contribution in [1.82, 2.24) is 0 Å². The van der Waals surface area contributed by atoms with Gasteiger partial charge in [0.15, 0.2) is 0 Å². The normalized spacial score (nSPS) is 15.6. The maximum Gasteiger partial charge on any atom is 0.126 e. The third kappa shape index (κ3) is 3.28. The fraction of sp³-hybridized carbons (Fsp3) is 0.368. The molecule has 0 spiro atoms. The molecular weight excluding hydrogens is 289 g/mol. The highest BCUT2D eigenvalue weighted by Gasteiger charge is 2.15. The van der Waals surface area contributed by atoms with Crippen LogP contribution in [0.4, 0.5) is 5.69 Å². The van der Waals surface area contributed by atoms with Crippen LogP contribution in [0.25, 0.3) is 0 Å². The van der Waals surface area contributed by atoms with E-state index in [1.807, 2.05) is 13.0 Å². The van der Waals surface area contributed by atoms with Crippen LogP contribution >= 0.6 is 8.58 Å². The van der Waals surface area contributed by atoms with E-state index in [9.17, 15) is 5.11 Å². The zero-order valence-electron chi connectivity index (χ0n) is 13.4. The summed E-state index contributed by atoms with van der Waals surface area (Å²) in [5, 5.41) is 12.8. The van der Waals surface area contributed by atoms with Crippen molar-refractivity contribution in [2.75, 3.05) is 18.0 Å². The summed E-state index contributed by atoms with van der Waals surface area (Å²) in [6, 6.07) is 12.8. The number of hydrogen-bond donors (Lipinski definition) is 1. The Morgan fingerprint density at radius 1 is 0.955 bits per heavy atom. The molecule has 22 heavy (non-hydrogen) atoms. The van der Waals surface area contributed by atoms with Crippen LogP contribution in [0.3, 0.4) is 0 Å². The van der Waals surface area contributed by atoms with Gasteiger partial charge in [-0.2, -0.15) is 0 Å². The van der Waals surface area contributed by atoms with Crippen molar-refractivity contribution < 1.29 is 5.11 Å². The van der Waals surface area contributed by atoms with Gasteiger partial charge in [0.25, 0.3) is 0 Å². The molecule has 1 atom stereocenters. The molecule has 1 unspecified atom stereocenters. The lowest BCUT2D eigenvalue weighted by Crippen LogP contribution is -2.32. The fourth-order valence-corrected chi connectivity index (χ4v) is 4.64. The van der Waals surface area contributed by atoms with Gasteiger partial charge in [-0.05, 0) is 56.4 Å². The van der Waals surface area contributed by atoms with Gasteiger partial charge >= 0.3 is 0 Å². The number of aryl methyl sites for hydroxylation is 2. The van der Waals surface area contributed by atoms with Crippen molar-refractivity contribution in [2.24, 2.45) is 0 Å². The van der Waals surface area contributed by atoms with Gasteiger partial charge in [0.2, 0.25) is 0 Å². The van der Waals surface area contributed by atoms with E-state index >= 15 is 0 Å². The standard InChI is InChI=1S/C19H24NOP/c1-14-12-15(2)19(21)18(13-14)22-17-9-5-4-8-16(17)20-10-6-3-7-11-20/h4-5,8-9,12-13,21-22H,3,6-7,10-11H2,1-2H3. The van der Waals surface area contributed by atoms with Gasteiger partial charge in [-0.1, -0.05) is 32.8 Å². The SMILES string of the molecule is Cc1cc(C)c(O)c(Pc2ccccc2N2CCCCC2)c1. The molecule has 1 aliphatic heterocycles. The van der Waals surface area contributed by atoms with E-state index in [0.717, 1.165) is 24.0 Å². The Hall–Kier alpha value is -1.53. The van der Waals surface area contributed by atoms with Crippen LogP contribution in [-0.4, -0.2) is 18.2 Å². The molecule has 0 aromatic heterocycles. The molecule has 0 amide bonds. The first kappa shape index (κ1) is 15.4. The van der Waals surface area contributed by atoms with Crippen LogP contribution in [0.5, 0.6) is 5.75 Å². The van der Waals surface area contributed by atoms with Crippen LogP contribution in [0.2, 0.25) is 0 Å². The Labute approximate surface area is 135 Å². The third-order valence-electron chi connectivity index (χ3n) is 4.31. The summed E-state index contributed by atoms with van der Waals surface area (Å²) >= 11 is 0. The van der Waals surface area contributed by atoms with Gasteiger partial charge in [-0.25, -0.2) is 0 Å². The largest absolute Gasteiger partial charge is 0.507 e. The van der Waals surface area contributed by atoms with Crippen molar-refractivity contribution >= 4 is 24.9 Å². The van der Waals surface area contributed by atoms with E-state index < -0.39 is 0 Å². The molecule has 3 heteroatoms. The van der Waals surface area contributed by atoms with E-state index in [-0.39, 0.29) is 0 Å². The summed E-state index contributed by atoms with van der Waals surface area (Å²) < 4.78 is 0. The number of hydrogen-bond acceptors (Lipinski definition) is 2. The zero-order chi connectivity index (χ0) is 15.5. The second-order valence-electron chi connectivity index (χ2n) is 6.17. The molecule has 1 fully saturated rings. The molecule has 2 aromatic rings. The zero-order valence-corrected chi connectivity index (χ0v) is 14.4. The third-order valence-corrected chi connectivity index (χ3v) is 5.66. The number of piperidine rings is 1. The maximum atomic E-state index is 10.4. The van der Waals surface area contributed by atoms with E-state index in [4.69, 9.17) is 0 Å². The number of phenols is 1. The Morgan fingerprint density at radius 3 is 2.45 bits per heavy atom. The van der Waals surface area contributed by atoms with Crippen LogP contribution in [-0.2, 0) is 0 Å². The molecule has 2 nitrogen and oxygen atoms in total.